The van der Waals surface area contributed by atoms with Crippen molar-refractivity contribution in [3.63, 3.8) is 0 Å². The maximum Gasteiger partial charge on any atom is 0.224 e. The average molecular weight is 479 g/mol. The van der Waals surface area contributed by atoms with Crippen LogP contribution in [-0.2, 0) is 35.5 Å². The highest BCUT2D eigenvalue weighted by molar-refractivity contribution is 6.30. The molecule has 0 aliphatic carbocycles. The van der Waals surface area contributed by atoms with Gasteiger partial charge in [-0.05, 0) is 66.6 Å². The predicted octanol–water partition coefficient (Wildman–Crippen LogP) is 3.86. The molecule has 0 atom stereocenters. The highest BCUT2D eigenvalue weighted by Gasteiger charge is 2.19. The van der Waals surface area contributed by atoms with Crippen LogP contribution >= 0.6 is 11.6 Å². The van der Waals surface area contributed by atoms with E-state index >= 15 is 0 Å². The van der Waals surface area contributed by atoms with Gasteiger partial charge in [0.1, 0.15) is 0 Å². The van der Waals surface area contributed by atoms with Crippen molar-refractivity contribution in [1.29, 1.82) is 0 Å². The lowest BCUT2D eigenvalue weighted by Crippen LogP contribution is -2.27. The van der Waals surface area contributed by atoms with Crippen molar-refractivity contribution in [3.8, 4) is 0 Å². The highest BCUT2D eigenvalue weighted by atomic mass is 35.5. The van der Waals surface area contributed by atoms with Gasteiger partial charge < -0.3 is 19.6 Å². The zero-order chi connectivity index (χ0) is 23.7. The summed E-state index contributed by atoms with van der Waals surface area (Å²) in [6.07, 6.45) is 4.59. The van der Waals surface area contributed by atoms with E-state index in [0.29, 0.717) is 34.1 Å². The second-order valence-corrected chi connectivity index (χ2v) is 9.50. The van der Waals surface area contributed by atoms with Gasteiger partial charge in [-0.1, -0.05) is 23.7 Å². The van der Waals surface area contributed by atoms with Crippen LogP contribution in [0.4, 0.5) is 0 Å². The van der Waals surface area contributed by atoms with Gasteiger partial charge in [0.2, 0.25) is 5.91 Å². The Kier molecular flexibility index (Phi) is 6.55. The molecule has 1 aliphatic heterocycles. The first-order valence-corrected chi connectivity index (χ1v) is 12.0. The number of aromatic nitrogens is 1. The summed E-state index contributed by atoms with van der Waals surface area (Å²) < 4.78 is 7.33. The van der Waals surface area contributed by atoms with Crippen molar-refractivity contribution in [2.45, 2.75) is 38.8 Å². The zero-order valence-electron chi connectivity index (χ0n) is 18.9. The number of carbonyl (C=O) groups excluding carboxylic acids is 1. The Balaban J connectivity index is 1.44. The number of halogens is 1. The summed E-state index contributed by atoms with van der Waals surface area (Å²) in [5.41, 5.74) is 3.82. The van der Waals surface area contributed by atoms with E-state index in [1.54, 1.807) is 18.3 Å². The van der Waals surface area contributed by atoms with Gasteiger partial charge in [-0.3, -0.25) is 9.59 Å². The fourth-order valence-electron chi connectivity index (χ4n) is 4.89. The van der Waals surface area contributed by atoms with Crippen molar-refractivity contribution in [2.75, 3.05) is 13.2 Å². The Hall–Kier alpha value is -2.93. The van der Waals surface area contributed by atoms with Crippen molar-refractivity contribution in [3.05, 3.63) is 86.3 Å². The monoisotopic (exact) mass is 478 g/mol. The first kappa shape index (κ1) is 22.8. The largest absolute Gasteiger partial charge is 0.390 e. The van der Waals surface area contributed by atoms with Gasteiger partial charge in [0.05, 0.1) is 18.5 Å². The number of pyridine rings is 1. The van der Waals surface area contributed by atoms with Crippen LogP contribution in [0.5, 0.6) is 0 Å². The fourth-order valence-corrected chi connectivity index (χ4v) is 5.01. The first-order valence-electron chi connectivity index (χ1n) is 11.6. The number of hydrogen-bond acceptors (Lipinski definition) is 4. The minimum Gasteiger partial charge on any atom is -0.390 e. The van der Waals surface area contributed by atoms with Crippen LogP contribution in [0.25, 0.3) is 16.3 Å². The summed E-state index contributed by atoms with van der Waals surface area (Å²) in [5.74, 6) is 0.301. The Morgan fingerprint density at radius 3 is 2.62 bits per heavy atom. The van der Waals surface area contributed by atoms with Crippen LogP contribution in [0.15, 0.2) is 53.5 Å². The third-order valence-electron chi connectivity index (χ3n) is 6.67. The maximum atomic E-state index is 13.4. The van der Waals surface area contributed by atoms with Crippen molar-refractivity contribution < 1.29 is 14.6 Å². The maximum absolute atomic E-state index is 13.4. The first-order chi connectivity index (χ1) is 16.5. The zero-order valence-corrected chi connectivity index (χ0v) is 19.6. The Morgan fingerprint density at radius 1 is 1.12 bits per heavy atom. The molecule has 4 aromatic rings. The predicted molar refractivity (Wildman–Crippen MR) is 133 cm³/mol. The van der Waals surface area contributed by atoms with Gasteiger partial charge in [0.15, 0.2) is 5.43 Å². The molecule has 2 N–H and O–H groups in total. The lowest BCUT2D eigenvalue weighted by Gasteiger charge is -2.22. The van der Waals surface area contributed by atoms with E-state index in [2.05, 4.69) is 11.4 Å². The smallest absolute Gasteiger partial charge is 0.224 e. The molecular weight excluding hydrogens is 452 g/mol. The van der Waals surface area contributed by atoms with Gasteiger partial charge in [-0.2, -0.15) is 0 Å². The minimum absolute atomic E-state index is 0.0272. The molecule has 1 aliphatic rings. The number of aliphatic hydroxyl groups is 1. The van der Waals surface area contributed by atoms with Crippen LogP contribution in [0.3, 0.4) is 0 Å². The van der Waals surface area contributed by atoms with E-state index in [1.165, 1.54) is 0 Å². The molecule has 176 valence electrons. The molecule has 0 spiro atoms. The number of nitrogens with zero attached hydrogens (tertiary/aromatic N) is 1. The van der Waals surface area contributed by atoms with E-state index in [4.69, 9.17) is 16.3 Å². The Bertz CT molecular complexity index is 1370. The molecule has 2 aromatic heterocycles. The normalized spacial score (nSPS) is 14.8. The molecule has 1 saturated heterocycles. The van der Waals surface area contributed by atoms with Crippen LogP contribution in [0, 0.1) is 5.92 Å². The molecule has 2 aromatic carbocycles. The van der Waals surface area contributed by atoms with Crippen LogP contribution < -0.4 is 10.7 Å². The SMILES string of the molecule is O=C(Cc1cn2c(CO)cc3cc(CC4CCOCC4)cc(c1=O)c32)NCc1ccc(Cl)cc1. The van der Waals surface area contributed by atoms with Gasteiger partial charge >= 0.3 is 0 Å². The lowest BCUT2D eigenvalue weighted by atomic mass is 9.91. The number of rotatable bonds is 7. The summed E-state index contributed by atoms with van der Waals surface area (Å²) in [6.45, 7) is 1.77. The number of aliphatic hydroxyl groups excluding tert-OH is 1. The average Bonchev–Trinajstić information content (AvgIpc) is 3.20. The Labute approximate surface area is 202 Å². The molecule has 0 radical (unpaired) electrons. The van der Waals surface area contributed by atoms with Crippen molar-refractivity contribution >= 4 is 33.8 Å². The number of ether oxygens (including phenoxy) is 1. The summed E-state index contributed by atoms with van der Waals surface area (Å²) in [5, 5.41) is 15.0. The van der Waals surface area contributed by atoms with E-state index in [-0.39, 0.29) is 24.4 Å². The van der Waals surface area contributed by atoms with E-state index in [0.717, 1.165) is 54.5 Å². The third kappa shape index (κ3) is 4.67. The number of carbonyl (C=O) groups is 1. The number of hydrogen-bond donors (Lipinski definition) is 2. The lowest BCUT2D eigenvalue weighted by molar-refractivity contribution is -0.120. The number of nitrogens with one attached hydrogen (secondary N) is 1. The van der Waals surface area contributed by atoms with Crippen LogP contribution in [0.2, 0.25) is 5.02 Å². The van der Waals surface area contributed by atoms with Crippen LogP contribution in [0.1, 0.15) is 35.2 Å². The summed E-state index contributed by atoms with van der Waals surface area (Å²) in [6, 6.07) is 13.3. The van der Waals surface area contributed by atoms with E-state index < -0.39 is 0 Å². The second kappa shape index (κ2) is 9.74. The van der Waals surface area contributed by atoms with E-state index in [9.17, 15) is 14.7 Å². The molecule has 5 rings (SSSR count). The molecule has 0 saturated carbocycles. The number of benzene rings is 2. The number of amides is 1. The molecule has 0 bridgehead atoms. The summed E-state index contributed by atoms with van der Waals surface area (Å²) in [7, 11) is 0. The van der Waals surface area contributed by atoms with E-state index in [1.807, 2.05) is 28.7 Å². The minimum atomic E-state index is -0.231. The molecule has 1 amide bonds. The molecule has 7 heteroatoms. The van der Waals surface area contributed by atoms with Gasteiger partial charge in [-0.15, -0.1) is 0 Å². The highest BCUT2D eigenvalue weighted by Crippen LogP contribution is 2.28. The standard InChI is InChI=1S/C27H27ClN2O4/c28-22-3-1-18(2-4-22)14-29-25(32)13-21-15-30-23(16-31)12-20-10-19(9-17-5-7-34-8-6-17)11-24(26(20)30)27(21)33/h1-4,10-12,15,17,31H,5-9,13-14,16H2,(H,29,32). The molecular formula is C27H27ClN2O4. The summed E-state index contributed by atoms with van der Waals surface area (Å²) in [4.78, 5) is 26.1. The topological polar surface area (TPSA) is 80.0 Å². The summed E-state index contributed by atoms with van der Waals surface area (Å²) >= 11 is 5.92. The fraction of sp³-hybridized carbons (Fsp3) is 0.333. The van der Waals surface area contributed by atoms with Gasteiger partial charge in [0.25, 0.3) is 0 Å². The molecule has 3 heterocycles. The molecule has 1 fully saturated rings. The van der Waals surface area contributed by atoms with Crippen LogP contribution in [-0.4, -0.2) is 28.6 Å². The van der Waals surface area contributed by atoms with Crippen molar-refractivity contribution in [1.82, 2.24) is 9.72 Å². The third-order valence-corrected chi connectivity index (χ3v) is 6.93. The Morgan fingerprint density at radius 2 is 1.88 bits per heavy atom. The van der Waals surface area contributed by atoms with Crippen molar-refractivity contribution in [2.24, 2.45) is 5.92 Å². The quantitative estimate of drug-likeness (QED) is 0.422. The molecule has 0 unspecified atom stereocenters. The second-order valence-electron chi connectivity index (χ2n) is 9.07. The van der Waals surface area contributed by atoms with Gasteiger partial charge in [-0.25, -0.2) is 0 Å². The molecule has 34 heavy (non-hydrogen) atoms. The van der Waals surface area contributed by atoms with Gasteiger partial charge in [0, 0.05) is 53.0 Å². The molecule has 6 nitrogen and oxygen atoms in total.